The molecule has 2 N–H and O–H groups in total. The van der Waals surface area contributed by atoms with Crippen molar-refractivity contribution in [2.24, 2.45) is 0 Å². The Hall–Kier alpha value is -1.63. The zero-order chi connectivity index (χ0) is 20.3. The Kier molecular flexibility index (Phi) is 6.63. The number of nitrogens with one attached hydrogen (secondary N) is 2. The lowest BCUT2D eigenvalue weighted by Crippen LogP contribution is -2.27. The first-order chi connectivity index (χ1) is 13.3. The van der Waals surface area contributed by atoms with E-state index in [4.69, 9.17) is 46.4 Å². The highest BCUT2D eigenvalue weighted by molar-refractivity contribution is 7.93. The van der Waals surface area contributed by atoms with Crippen LogP contribution in [0.1, 0.15) is 10.9 Å². The average Bonchev–Trinajstić information content (AvgIpc) is 2.66. The fraction of sp³-hybridized carbons (Fsp3) is 0.0526. The molecule has 1 atom stereocenters. The van der Waals surface area contributed by atoms with Gasteiger partial charge < -0.3 is 5.32 Å². The Morgan fingerprint density at radius 3 is 1.79 bits per heavy atom. The lowest BCUT2D eigenvalue weighted by atomic mass is 10.2. The van der Waals surface area contributed by atoms with E-state index in [0.717, 1.165) is 0 Å². The molecule has 0 radical (unpaired) electrons. The van der Waals surface area contributed by atoms with E-state index in [-0.39, 0.29) is 5.02 Å². The fourth-order valence-corrected chi connectivity index (χ4v) is 4.46. The molecule has 0 aliphatic heterocycles. The fourth-order valence-electron chi connectivity index (χ4n) is 2.49. The highest BCUT2D eigenvalue weighted by atomic mass is 35.5. The third kappa shape index (κ3) is 5.04. The maximum Gasteiger partial charge on any atom is 0.258 e. The Morgan fingerprint density at radius 2 is 1.21 bits per heavy atom. The van der Waals surface area contributed by atoms with Crippen LogP contribution in [-0.2, 0) is 10.0 Å². The summed E-state index contributed by atoms with van der Waals surface area (Å²) in [6.07, 6.45) is 0. The second-order valence-corrected chi connectivity index (χ2v) is 9.23. The van der Waals surface area contributed by atoms with Crippen LogP contribution in [0.5, 0.6) is 0 Å². The number of hydrogen-bond acceptors (Lipinski definition) is 3. The second kappa shape index (κ2) is 8.80. The zero-order valence-corrected chi connectivity index (χ0v) is 18.0. The molecule has 3 aromatic rings. The van der Waals surface area contributed by atoms with Crippen molar-refractivity contribution < 1.29 is 8.42 Å². The van der Waals surface area contributed by atoms with E-state index < -0.39 is 15.4 Å². The Morgan fingerprint density at radius 1 is 0.679 bits per heavy atom. The molecule has 3 rings (SSSR count). The molecule has 0 bridgehead atoms. The molecule has 0 heterocycles. The molecular weight excluding hydrogens is 462 g/mol. The van der Waals surface area contributed by atoms with Crippen LogP contribution in [0.25, 0.3) is 0 Å². The van der Waals surface area contributed by atoms with Crippen LogP contribution in [0.3, 0.4) is 0 Å². The van der Waals surface area contributed by atoms with Crippen molar-refractivity contribution in [2.45, 2.75) is 5.37 Å². The van der Waals surface area contributed by atoms with Crippen LogP contribution < -0.4 is 10.0 Å². The summed E-state index contributed by atoms with van der Waals surface area (Å²) in [5.41, 5.74) is 1.34. The Bertz CT molecular complexity index is 1090. The normalized spacial score (nSPS) is 12.4. The molecule has 9 heteroatoms. The van der Waals surface area contributed by atoms with Gasteiger partial charge in [-0.3, -0.25) is 4.72 Å². The molecule has 0 aliphatic carbocycles. The van der Waals surface area contributed by atoms with Gasteiger partial charge in [-0.05, 0) is 42.0 Å². The van der Waals surface area contributed by atoms with Gasteiger partial charge in [0, 0.05) is 5.69 Å². The minimum absolute atomic E-state index is 0.246. The zero-order valence-electron chi connectivity index (χ0n) is 14.2. The highest BCUT2D eigenvalue weighted by Gasteiger charge is 2.27. The summed E-state index contributed by atoms with van der Waals surface area (Å²) in [6.45, 7) is 0. The van der Waals surface area contributed by atoms with Crippen LogP contribution in [0.15, 0.2) is 66.7 Å². The van der Waals surface area contributed by atoms with Gasteiger partial charge in [0.05, 0.1) is 25.8 Å². The van der Waals surface area contributed by atoms with Gasteiger partial charge in [0.15, 0.2) is 5.37 Å². The standard InChI is InChI=1S/C19H14Cl4N2O2S/c20-15-8-6-13(10-17(15)22)24-19(12-4-2-1-3-5-12)28(26,27)25-14-7-9-16(21)18(23)11-14/h1-11,19,24-25H. The first-order valence-corrected chi connectivity index (χ1v) is 11.1. The van der Waals surface area contributed by atoms with E-state index in [9.17, 15) is 8.42 Å². The lowest BCUT2D eigenvalue weighted by molar-refractivity contribution is 0.593. The summed E-state index contributed by atoms with van der Waals surface area (Å²) in [4.78, 5) is 0. The quantitative estimate of drug-likeness (QED) is 0.409. The summed E-state index contributed by atoms with van der Waals surface area (Å²) in [7, 11) is -3.92. The minimum Gasteiger partial charge on any atom is -0.364 e. The maximum atomic E-state index is 13.1. The average molecular weight is 476 g/mol. The minimum atomic E-state index is -3.92. The number of hydrogen-bond donors (Lipinski definition) is 2. The molecule has 28 heavy (non-hydrogen) atoms. The van der Waals surface area contributed by atoms with E-state index >= 15 is 0 Å². The van der Waals surface area contributed by atoms with Gasteiger partial charge in [-0.2, -0.15) is 0 Å². The molecule has 0 amide bonds. The van der Waals surface area contributed by atoms with Gasteiger partial charge in [-0.25, -0.2) is 8.42 Å². The van der Waals surface area contributed by atoms with E-state index in [1.165, 1.54) is 18.2 Å². The first-order valence-electron chi connectivity index (χ1n) is 7.99. The van der Waals surface area contributed by atoms with Gasteiger partial charge in [0.2, 0.25) is 0 Å². The van der Waals surface area contributed by atoms with Crippen molar-refractivity contribution >= 4 is 67.8 Å². The number of halogens is 4. The number of anilines is 2. The largest absolute Gasteiger partial charge is 0.364 e. The highest BCUT2D eigenvalue weighted by Crippen LogP contribution is 2.32. The van der Waals surface area contributed by atoms with Crippen LogP contribution in [0.4, 0.5) is 11.4 Å². The van der Waals surface area contributed by atoms with Crippen LogP contribution in [-0.4, -0.2) is 8.42 Å². The number of rotatable bonds is 6. The second-order valence-electron chi connectivity index (χ2n) is 5.84. The first kappa shape index (κ1) is 21.1. The molecule has 4 nitrogen and oxygen atoms in total. The molecule has 0 fully saturated rings. The van der Waals surface area contributed by atoms with E-state index in [2.05, 4.69) is 10.0 Å². The van der Waals surface area contributed by atoms with Gasteiger partial charge in [-0.1, -0.05) is 76.7 Å². The van der Waals surface area contributed by atoms with Crippen molar-refractivity contribution in [3.8, 4) is 0 Å². The molecule has 3 aromatic carbocycles. The SMILES string of the molecule is O=S(=O)(Nc1ccc(Cl)c(Cl)c1)C(Nc1ccc(Cl)c(Cl)c1)c1ccccc1. The third-order valence-corrected chi connectivity index (χ3v) is 6.82. The van der Waals surface area contributed by atoms with Crippen molar-refractivity contribution in [1.29, 1.82) is 0 Å². The number of benzene rings is 3. The molecule has 0 saturated carbocycles. The van der Waals surface area contributed by atoms with Gasteiger partial charge in [-0.15, -0.1) is 0 Å². The molecule has 0 spiro atoms. The van der Waals surface area contributed by atoms with Crippen LogP contribution in [0.2, 0.25) is 20.1 Å². The summed E-state index contributed by atoms with van der Waals surface area (Å²) in [5.74, 6) is 0. The molecule has 0 aliphatic rings. The Labute approximate surface area is 183 Å². The van der Waals surface area contributed by atoms with E-state index in [0.29, 0.717) is 32.0 Å². The number of sulfonamides is 1. The van der Waals surface area contributed by atoms with Crippen LogP contribution >= 0.6 is 46.4 Å². The predicted octanol–water partition coefficient (Wildman–Crippen LogP) is 6.85. The van der Waals surface area contributed by atoms with Crippen LogP contribution in [0, 0.1) is 0 Å². The summed E-state index contributed by atoms with van der Waals surface area (Å²) in [5, 5.41) is 3.17. The summed E-state index contributed by atoms with van der Waals surface area (Å²) >= 11 is 23.9. The maximum absolute atomic E-state index is 13.1. The van der Waals surface area contributed by atoms with Gasteiger partial charge >= 0.3 is 0 Å². The molecule has 0 saturated heterocycles. The molecular formula is C19H14Cl4N2O2S. The topological polar surface area (TPSA) is 58.2 Å². The van der Waals surface area contributed by atoms with Crippen molar-refractivity contribution in [3.63, 3.8) is 0 Å². The van der Waals surface area contributed by atoms with Gasteiger partial charge in [0.25, 0.3) is 10.0 Å². The smallest absolute Gasteiger partial charge is 0.258 e. The van der Waals surface area contributed by atoms with Crippen molar-refractivity contribution in [3.05, 3.63) is 92.4 Å². The predicted molar refractivity (Wildman–Crippen MR) is 118 cm³/mol. The molecule has 146 valence electrons. The van der Waals surface area contributed by atoms with E-state index in [1.807, 2.05) is 0 Å². The lowest BCUT2D eigenvalue weighted by Gasteiger charge is -2.22. The summed E-state index contributed by atoms with van der Waals surface area (Å²) < 4.78 is 28.8. The van der Waals surface area contributed by atoms with Crippen molar-refractivity contribution in [2.75, 3.05) is 10.0 Å². The van der Waals surface area contributed by atoms with Gasteiger partial charge in [0.1, 0.15) is 0 Å². The third-order valence-electron chi connectivity index (χ3n) is 3.81. The summed E-state index contributed by atoms with van der Waals surface area (Å²) in [6, 6.07) is 18.0. The van der Waals surface area contributed by atoms with E-state index in [1.54, 1.807) is 48.5 Å². The molecule has 0 aromatic heterocycles. The van der Waals surface area contributed by atoms with Crippen molar-refractivity contribution in [1.82, 2.24) is 0 Å². The Balaban J connectivity index is 1.97. The molecule has 1 unspecified atom stereocenters. The monoisotopic (exact) mass is 474 g/mol.